The lowest BCUT2D eigenvalue weighted by molar-refractivity contribution is -0.139. The van der Waals surface area contributed by atoms with Crippen LogP contribution in [0.4, 0.5) is 13.2 Å². The standard InChI is InChI=1S/C19H21ClF3N5/c1-26(2)13-5-6-27(9-13)8-12-3-4-15-14(7-12)16-17(18(20)25-11-24-16)28(15)10-19(21,22)23/h3-4,7,11,13H,5-6,8-10H2,1-2H3/t13-/m0/s1. The van der Waals surface area contributed by atoms with Crippen molar-refractivity contribution >= 4 is 33.5 Å². The first-order chi connectivity index (χ1) is 13.2. The number of rotatable bonds is 4. The highest BCUT2D eigenvalue weighted by Crippen LogP contribution is 2.34. The summed E-state index contributed by atoms with van der Waals surface area (Å²) in [6, 6.07) is 6.08. The summed E-state index contributed by atoms with van der Waals surface area (Å²) in [4.78, 5) is 12.7. The minimum atomic E-state index is -4.37. The van der Waals surface area contributed by atoms with Gasteiger partial charge in [0, 0.05) is 31.1 Å². The molecule has 9 heteroatoms. The van der Waals surface area contributed by atoms with Crippen LogP contribution >= 0.6 is 11.6 Å². The van der Waals surface area contributed by atoms with Crippen molar-refractivity contribution in [2.24, 2.45) is 0 Å². The van der Waals surface area contributed by atoms with Crippen molar-refractivity contribution in [1.29, 1.82) is 0 Å². The Hall–Kier alpha value is -1.90. The summed E-state index contributed by atoms with van der Waals surface area (Å²) >= 11 is 6.13. The zero-order valence-electron chi connectivity index (χ0n) is 15.7. The number of hydrogen-bond acceptors (Lipinski definition) is 4. The Balaban J connectivity index is 1.74. The van der Waals surface area contributed by atoms with Gasteiger partial charge in [-0.25, -0.2) is 9.97 Å². The van der Waals surface area contributed by atoms with Crippen molar-refractivity contribution < 1.29 is 13.2 Å². The van der Waals surface area contributed by atoms with Gasteiger partial charge in [-0.05, 0) is 38.2 Å². The molecule has 28 heavy (non-hydrogen) atoms. The van der Waals surface area contributed by atoms with Crippen LogP contribution in [0.15, 0.2) is 24.5 Å². The molecule has 0 radical (unpaired) electrons. The highest BCUT2D eigenvalue weighted by atomic mass is 35.5. The third-order valence-corrected chi connectivity index (χ3v) is 5.65. The minimum absolute atomic E-state index is 0.0281. The van der Waals surface area contributed by atoms with Crippen LogP contribution in [-0.2, 0) is 13.1 Å². The fraction of sp³-hybridized carbons (Fsp3) is 0.474. The molecule has 0 unspecified atom stereocenters. The van der Waals surface area contributed by atoms with Gasteiger partial charge in [-0.3, -0.25) is 4.90 Å². The molecule has 1 fully saturated rings. The predicted octanol–water partition coefficient (Wildman–Crippen LogP) is 3.94. The van der Waals surface area contributed by atoms with Crippen molar-refractivity contribution in [2.45, 2.75) is 31.7 Å². The number of alkyl halides is 3. The van der Waals surface area contributed by atoms with Crippen LogP contribution in [0.2, 0.25) is 5.15 Å². The third kappa shape index (κ3) is 3.68. The van der Waals surface area contributed by atoms with E-state index in [1.165, 1.54) is 6.33 Å². The van der Waals surface area contributed by atoms with Crippen LogP contribution < -0.4 is 0 Å². The highest BCUT2D eigenvalue weighted by molar-refractivity contribution is 6.34. The Morgan fingerprint density at radius 3 is 2.71 bits per heavy atom. The topological polar surface area (TPSA) is 37.2 Å². The molecule has 1 saturated heterocycles. The molecule has 150 valence electrons. The smallest absolute Gasteiger partial charge is 0.327 e. The zero-order valence-corrected chi connectivity index (χ0v) is 16.4. The van der Waals surface area contributed by atoms with Gasteiger partial charge in [0.05, 0.1) is 5.52 Å². The van der Waals surface area contributed by atoms with E-state index in [2.05, 4.69) is 33.9 Å². The maximum absolute atomic E-state index is 13.1. The second kappa shape index (κ2) is 7.17. The van der Waals surface area contributed by atoms with Crippen LogP contribution in [0.3, 0.4) is 0 Å². The van der Waals surface area contributed by atoms with Crippen LogP contribution in [0, 0.1) is 0 Å². The van der Waals surface area contributed by atoms with Crippen molar-refractivity contribution in [3.05, 3.63) is 35.2 Å². The van der Waals surface area contributed by atoms with Gasteiger partial charge >= 0.3 is 6.18 Å². The number of nitrogens with zero attached hydrogens (tertiary/aromatic N) is 5. The number of benzene rings is 1. The molecule has 0 aliphatic carbocycles. The second-order valence-electron chi connectivity index (χ2n) is 7.56. The highest BCUT2D eigenvalue weighted by Gasteiger charge is 2.31. The summed E-state index contributed by atoms with van der Waals surface area (Å²) in [5, 5.41) is 0.699. The van der Waals surface area contributed by atoms with Gasteiger partial charge in [-0.2, -0.15) is 13.2 Å². The molecule has 1 aliphatic rings. The van der Waals surface area contributed by atoms with Gasteiger partial charge in [-0.15, -0.1) is 0 Å². The first kappa shape index (κ1) is 19.4. The van der Waals surface area contributed by atoms with Crippen molar-refractivity contribution in [2.75, 3.05) is 27.2 Å². The van der Waals surface area contributed by atoms with Gasteiger partial charge in [0.2, 0.25) is 0 Å². The number of likely N-dealkylation sites (N-methyl/N-ethyl adjacent to an activating group) is 1. The van der Waals surface area contributed by atoms with E-state index in [0.717, 1.165) is 36.2 Å². The summed E-state index contributed by atoms with van der Waals surface area (Å²) in [5.74, 6) is 0. The lowest BCUT2D eigenvalue weighted by atomic mass is 10.1. The molecule has 2 aromatic heterocycles. The van der Waals surface area contributed by atoms with Crippen LogP contribution in [0.25, 0.3) is 21.9 Å². The number of halogens is 4. The average molecular weight is 412 g/mol. The lowest BCUT2D eigenvalue weighted by Gasteiger charge is -2.20. The summed E-state index contributed by atoms with van der Waals surface area (Å²) < 4.78 is 40.6. The Bertz CT molecular complexity index is 1010. The van der Waals surface area contributed by atoms with E-state index >= 15 is 0 Å². The van der Waals surface area contributed by atoms with Crippen molar-refractivity contribution in [1.82, 2.24) is 24.3 Å². The first-order valence-corrected chi connectivity index (χ1v) is 9.47. The molecule has 4 rings (SSSR count). The van der Waals surface area contributed by atoms with Crippen molar-refractivity contribution in [3.8, 4) is 0 Å². The van der Waals surface area contributed by atoms with Crippen LogP contribution in [0.1, 0.15) is 12.0 Å². The molecule has 5 nitrogen and oxygen atoms in total. The van der Waals surface area contributed by atoms with Crippen molar-refractivity contribution in [3.63, 3.8) is 0 Å². The fourth-order valence-corrected chi connectivity index (χ4v) is 4.23. The first-order valence-electron chi connectivity index (χ1n) is 9.10. The van der Waals surface area contributed by atoms with E-state index in [1.54, 1.807) is 6.07 Å². The molecule has 0 saturated carbocycles. The largest absolute Gasteiger partial charge is 0.406 e. The molecule has 0 amide bonds. The SMILES string of the molecule is CN(C)[C@H]1CCN(Cc2ccc3c(c2)c2ncnc(Cl)c2n3CC(F)(F)F)C1. The van der Waals surface area contributed by atoms with Crippen LogP contribution in [-0.4, -0.2) is 63.7 Å². The quantitative estimate of drug-likeness (QED) is 0.609. The fourth-order valence-electron chi connectivity index (χ4n) is 4.00. The number of fused-ring (bicyclic) bond motifs is 3. The minimum Gasteiger partial charge on any atom is -0.327 e. The molecule has 0 bridgehead atoms. The second-order valence-corrected chi connectivity index (χ2v) is 7.91. The van der Waals surface area contributed by atoms with Gasteiger partial charge < -0.3 is 9.47 Å². The van der Waals surface area contributed by atoms with Gasteiger partial charge in [-0.1, -0.05) is 17.7 Å². The van der Waals surface area contributed by atoms with E-state index in [-0.39, 0.29) is 10.7 Å². The Labute approximate surface area is 165 Å². The van der Waals surface area contributed by atoms with Gasteiger partial charge in [0.15, 0.2) is 5.15 Å². The molecule has 1 aromatic carbocycles. The molecule has 1 atom stereocenters. The average Bonchev–Trinajstić information content (AvgIpc) is 3.18. The maximum Gasteiger partial charge on any atom is 0.406 e. The van der Waals surface area contributed by atoms with Gasteiger partial charge in [0.25, 0.3) is 0 Å². The maximum atomic E-state index is 13.1. The molecule has 1 aliphatic heterocycles. The monoisotopic (exact) mass is 411 g/mol. The Kier molecular flexibility index (Phi) is 4.97. The Morgan fingerprint density at radius 2 is 2.04 bits per heavy atom. The summed E-state index contributed by atoms with van der Waals surface area (Å²) in [5.41, 5.74) is 2.19. The van der Waals surface area contributed by atoms with E-state index in [1.807, 2.05) is 12.1 Å². The molecule has 3 aromatic rings. The molecular weight excluding hydrogens is 391 g/mol. The van der Waals surface area contributed by atoms with E-state index in [9.17, 15) is 13.2 Å². The van der Waals surface area contributed by atoms with Crippen LogP contribution in [0.5, 0.6) is 0 Å². The Morgan fingerprint density at radius 1 is 1.25 bits per heavy atom. The summed E-state index contributed by atoms with van der Waals surface area (Å²) in [6.07, 6.45) is -1.96. The number of hydrogen-bond donors (Lipinski definition) is 0. The summed E-state index contributed by atoms with van der Waals surface area (Å²) in [6.45, 7) is 1.61. The molecule has 3 heterocycles. The summed E-state index contributed by atoms with van der Waals surface area (Å²) in [7, 11) is 4.17. The molecule has 0 spiro atoms. The zero-order chi connectivity index (χ0) is 20.1. The van der Waals surface area contributed by atoms with Gasteiger partial charge in [0.1, 0.15) is 23.9 Å². The third-order valence-electron chi connectivity index (χ3n) is 5.38. The predicted molar refractivity (Wildman–Crippen MR) is 103 cm³/mol. The molecule has 0 N–H and O–H groups in total. The number of likely N-dealkylation sites (tertiary alicyclic amines) is 1. The number of aromatic nitrogens is 3. The lowest BCUT2D eigenvalue weighted by Crippen LogP contribution is -2.31. The van der Waals surface area contributed by atoms with E-state index in [4.69, 9.17) is 11.6 Å². The van der Waals surface area contributed by atoms with E-state index < -0.39 is 12.7 Å². The molecular formula is C19H21ClF3N5. The normalized spacial score (nSPS) is 18.8. The van der Waals surface area contributed by atoms with E-state index in [0.29, 0.717) is 22.5 Å².